The van der Waals surface area contributed by atoms with Gasteiger partial charge in [0.15, 0.2) is 0 Å². The van der Waals surface area contributed by atoms with Crippen molar-refractivity contribution < 1.29 is 4.79 Å². The molecule has 3 aromatic rings. The van der Waals surface area contributed by atoms with Gasteiger partial charge in [0.05, 0.1) is 17.8 Å². The van der Waals surface area contributed by atoms with E-state index in [1.165, 1.54) is 0 Å². The van der Waals surface area contributed by atoms with Crippen LogP contribution >= 0.6 is 11.6 Å². The predicted octanol–water partition coefficient (Wildman–Crippen LogP) is 4.33. The first-order chi connectivity index (χ1) is 11.6. The number of fused-ring (bicyclic) bond motifs is 3. The summed E-state index contributed by atoms with van der Waals surface area (Å²) >= 11 is 6.22. The number of benzene rings is 2. The number of nitrogens with zero attached hydrogens (tertiary/aromatic N) is 3. The SMILES string of the molecule is Cc1ncc2c(n1)-c1cc(Cl)ccc1N(c1ccccc1)C(=O)C2. The van der Waals surface area contributed by atoms with E-state index in [-0.39, 0.29) is 12.3 Å². The fourth-order valence-electron chi connectivity index (χ4n) is 2.99. The van der Waals surface area contributed by atoms with Gasteiger partial charge in [-0.3, -0.25) is 9.69 Å². The maximum Gasteiger partial charge on any atom is 0.236 e. The van der Waals surface area contributed by atoms with E-state index in [1.807, 2.05) is 49.4 Å². The van der Waals surface area contributed by atoms with E-state index in [0.29, 0.717) is 10.8 Å². The third-order valence-corrected chi connectivity index (χ3v) is 4.28. The molecule has 4 rings (SSSR count). The van der Waals surface area contributed by atoms with Crippen LogP contribution in [0.1, 0.15) is 11.4 Å². The Labute approximate surface area is 144 Å². The lowest BCUT2D eigenvalue weighted by Crippen LogP contribution is -2.26. The monoisotopic (exact) mass is 335 g/mol. The third kappa shape index (κ3) is 2.45. The van der Waals surface area contributed by atoms with E-state index in [0.717, 1.165) is 28.2 Å². The zero-order valence-electron chi connectivity index (χ0n) is 13.0. The lowest BCUT2D eigenvalue weighted by molar-refractivity contribution is -0.117. The van der Waals surface area contributed by atoms with Crippen molar-refractivity contribution in [2.45, 2.75) is 13.3 Å². The van der Waals surface area contributed by atoms with Crippen molar-refractivity contribution in [3.63, 3.8) is 0 Å². The Morgan fingerprint density at radius 2 is 1.92 bits per heavy atom. The highest BCUT2D eigenvalue weighted by atomic mass is 35.5. The number of carbonyl (C=O) groups is 1. The molecule has 0 fully saturated rings. The maximum absolute atomic E-state index is 12.9. The molecule has 1 amide bonds. The van der Waals surface area contributed by atoms with Gasteiger partial charge in [-0.15, -0.1) is 0 Å². The molecule has 0 radical (unpaired) electrons. The summed E-state index contributed by atoms with van der Waals surface area (Å²) in [5, 5.41) is 0.610. The number of rotatable bonds is 1. The fourth-order valence-corrected chi connectivity index (χ4v) is 3.16. The summed E-state index contributed by atoms with van der Waals surface area (Å²) in [6.07, 6.45) is 1.98. The number of amides is 1. The van der Waals surface area contributed by atoms with Crippen LogP contribution in [0.25, 0.3) is 11.3 Å². The van der Waals surface area contributed by atoms with Crippen LogP contribution < -0.4 is 4.90 Å². The van der Waals surface area contributed by atoms with E-state index >= 15 is 0 Å². The molecule has 1 aliphatic rings. The number of carbonyl (C=O) groups excluding carboxylic acids is 1. The van der Waals surface area contributed by atoms with E-state index < -0.39 is 0 Å². The van der Waals surface area contributed by atoms with Crippen LogP contribution in [-0.2, 0) is 11.2 Å². The zero-order chi connectivity index (χ0) is 16.7. The maximum atomic E-state index is 12.9. The van der Waals surface area contributed by atoms with E-state index in [1.54, 1.807) is 17.2 Å². The van der Waals surface area contributed by atoms with Crippen LogP contribution in [0, 0.1) is 6.92 Å². The van der Waals surface area contributed by atoms with Crippen LogP contribution in [0.4, 0.5) is 11.4 Å². The minimum atomic E-state index is -0.0176. The third-order valence-electron chi connectivity index (χ3n) is 4.05. The highest BCUT2D eigenvalue weighted by Crippen LogP contribution is 2.40. The summed E-state index contributed by atoms with van der Waals surface area (Å²) < 4.78 is 0. The van der Waals surface area contributed by atoms with Gasteiger partial charge in [-0.25, -0.2) is 9.97 Å². The first-order valence-electron chi connectivity index (χ1n) is 7.64. The van der Waals surface area contributed by atoms with Crippen molar-refractivity contribution in [3.05, 3.63) is 71.1 Å². The average molecular weight is 336 g/mol. The molecular formula is C19H14ClN3O. The molecule has 0 spiro atoms. The minimum absolute atomic E-state index is 0.0176. The summed E-state index contributed by atoms with van der Waals surface area (Å²) in [7, 11) is 0. The predicted molar refractivity (Wildman–Crippen MR) is 94.5 cm³/mol. The zero-order valence-corrected chi connectivity index (χ0v) is 13.8. The van der Waals surface area contributed by atoms with Gasteiger partial charge in [0, 0.05) is 28.0 Å². The Bertz CT molecular complexity index is 941. The molecule has 0 bridgehead atoms. The minimum Gasteiger partial charge on any atom is -0.280 e. The standard InChI is InChI=1S/C19H14ClN3O/c1-12-21-11-13-9-18(24)23(15-5-3-2-4-6-15)17-8-7-14(20)10-16(17)19(13)22-12/h2-8,10-11H,9H2,1H3. The van der Waals surface area contributed by atoms with Gasteiger partial charge in [0.25, 0.3) is 0 Å². The van der Waals surface area contributed by atoms with Gasteiger partial charge in [-0.05, 0) is 37.3 Å². The van der Waals surface area contributed by atoms with E-state index in [4.69, 9.17) is 11.6 Å². The van der Waals surface area contributed by atoms with E-state index in [2.05, 4.69) is 9.97 Å². The summed E-state index contributed by atoms with van der Waals surface area (Å²) in [4.78, 5) is 23.5. The largest absolute Gasteiger partial charge is 0.280 e. The van der Waals surface area contributed by atoms with Crippen molar-refractivity contribution in [2.24, 2.45) is 0 Å². The van der Waals surface area contributed by atoms with Crippen LogP contribution in [0.15, 0.2) is 54.7 Å². The van der Waals surface area contributed by atoms with Gasteiger partial charge in [0.1, 0.15) is 5.82 Å². The molecule has 0 unspecified atom stereocenters. The molecule has 0 atom stereocenters. The van der Waals surface area contributed by atoms with Crippen LogP contribution in [-0.4, -0.2) is 15.9 Å². The van der Waals surface area contributed by atoms with Crippen molar-refractivity contribution >= 4 is 28.9 Å². The summed E-state index contributed by atoms with van der Waals surface area (Å²) in [5.41, 5.74) is 4.04. The number of hydrogen-bond donors (Lipinski definition) is 0. The molecule has 4 nitrogen and oxygen atoms in total. The number of anilines is 2. The van der Waals surface area contributed by atoms with Crippen LogP contribution in [0.5, 0.6) is 0 Å². The average Bonchev–Trinajstić information content (AvgIpc) is 2.70. The van der Waals surface area contributed by atoms with E-state index in [9.17, 15) is 4.79 Å². The quantitative estimate of drug-likeness (QED) is 0.665. The number of halogens is 1. The summed E-state index contributed by atoms with van der Waals surface area (Å²) in [5.74, 6) is 0.649. The second-order valence-corrected chi connectivity index (χ2v) is 6.13. The topological polar surface area (TPSA) is 46.1 Å². The molecule has 0 saturated carbocycles. The number of aryl methyl sites for hydroxylation is 1. The molecule has 1 aromatic heterocycles. The van der Waals surface area contributed by atoms with Crippen molar-refractivity contribution in [1.82, 2.24) is 9.97 Å². The number of hydrogen-bond acceptors (Lipinski definition) is 3. The molecule has 0 saturated heterocycles. The normalized spacial score (nSPS) is 13.2. The number of aromatic nitrogens is 2. The fraction of sp³-hybridized carbons (Fsp3) is 0.105. The van der Waals surface area contributed by atoms with Gasteiger partial charge < -0.3 is 0 Å². The molecule has 5 heteroatoms. The number of para-hydroxylation sites is 1. The highest BCUT2D eigenvalue weighted by Gasteiger charge is 2.28. The Morgan fingerprint density at radius 1 is 1.12 bits per heavy atom. The molecule has 118 valence electrons. The Balaban J connectivity index is 2.01. The Kier molecular flexibility index (Phi) is 3.54. The van der Waals surface area contributed by atoms with Crippen LogP contribution in [0.3, 0.4) is 0 Å². The summed E-state index contributed by atoms with van der Waals surface area (Å²) in [6.45, 7) is 1.84. The molecule has 0 aliphatic carbocycles. The second kappa shape index (κ2) is 5.73. The van der Waals surface area contributed by atoms with Crippen molar-refractivity contribution in [2.75, 3.05) is 4.90 Å². The molecule has 2 heterocycles. The summed E-state index contributed by atoms with van der Waals surface area (Å²) in [6, 6.07) is 15.1. The van der Waals surface area contributed by atoms with Gasteiger partial charge in [-0.2, -0.15) is 0 Å². The Morgan fingerprint density at radius 3 is 2.71 bits per heavy atom. The van der Waals surface area contributed by atoms with Gasteiger partial charge in [0.2, 0.25) is 5.91 Å². The lowest BCUT2D eigenvalue weighted by Gasteiger charge is -2.23. The molecular weight excluding hydrogens is 322 g/mol. The highest BCUT2D eigenvalue weighted by molar-refractivity contribution is 6.31. The smallest absolute Gasteiger partial charge is 0.236 e. The molecule has 1 aliphatic heterocycles. The van der Waals surface area contributed by atoms with Crippen LogP contribution in [0.2, 0.25) is 5.02 Å². The first-order valence-corrected chi connectivity index (χ1v) is 8.02. The molecule has 0 N–H and O–H groups in total. The van der Waals surface area contributed by atoms with Crippen molar-refractivity contribution in [1.29, 1.82) is 0 Å². The Hall–Kier alpha value is -2.72. The molecule has 24 heavy (non-hydrogen) atoms. The second-order valence-electron chi connectivity index (χ2n) is 5.69. The first kappa shape index (κ1) is 14.8. The van der Waals surface area contributed by atoms with Gasteiger partial charge in [-0.1, -0.05) is 29.8 Å². The van der Waals surface area contributed by atoms with Gasteiger partial charge >= 0.3 is 0 Å². The lowest BCUT2D eigenvalue weighted by atomic mass is 10.0. The van der Waals surface area contributed by atoms with Crippen molar-refractivity contribution in [3.8, 4) is 11.3 Å². The molecule has 2 aromatic carbocycles.